The zero-order valence-electron chi connectivity index (χ0n) is 20.6. The summed E-state index contributed by atoms with van der Waals surface area (Å²) in [5.74, 6) is 3.27. The van der Waals surface area contributed by atoms with Crippen LogP contribution in [0.25, 0.3) is 0 Å². The van der Waals surface area contributed by atoms with Gasteiger partial charge in [-0.2, -0.15) is 4.98 Å². The summed E-state index contributed by atoms with van der Waals surface area (Å²) in [6, 6.07) is 6.35. The molecule has 8 nitrogen and oxygen atoms in total. The van der Waals surface area contributed by atoms with E-state index in [0.717, 1.165) is 67.5 Å². The Hall–Kier alpha value is -2.81. The minimum atomic E-state index is 0.340. The lowest BCUT2D eigenvalue weighted by atomic mass is 9.91. The molecule has 34 heavy (non-hydrogen) atoms. The van der Waals surface area contributed by atoms with Crippen molar-refractivity contribution < 1.29 is 9.47 Å². The topological polar surface area (TPSA) is 83.6 Å². The molecule has 0 unspecified atom stereocenters. The van der Waals surface area contributed by atoms with Crippen LogP contribution in [0.4, 0.5) is 17.5 Å². The molecule has 1 aromatic heterocycles. The van der Waals surface area contributed by atoms with Crippen LogP contribution in [-0.2, 0) is 12.8 Å². The number of fused-ring (bicyclic) bond motifs is 1. The van der Waals surface area contributed by atoms with E-state index in [4.69, 9.17) is 31.7 Å². The number of aryl methyl sites for hydroxylation is 1. The van der Waals surface area contributed by atoms with Crippen molar-refractivity contribution in [3.8, 4) is 11.5 Å². The van der Waals surface area contributed by atoms with Crippen LogP contribution in [-0.4, -0.2) is 55.5 Å². The van der Waals surface area contributed by atoms with Gasteiger partial charge in [-0.15, -0.1) is 0 Å². The maximum absolute atomic E-state index is 5.56. The zero-order chi connectivity index (χ0) is 24.1. The molecule has 184 valence electrons. The summed E-state index contributed by atoms with van der Waals surface area (Å²) in [6.45, 7) is 0. The van der Waals surface area contributed by atoms with Gasteiger partial charge in [-0.1, -0.05) is 0 Å². The highest BCUT2D eigenvalue weighted by Gasteiger charge is 2.24. The van der Waals surface area contributed by atoms with E-state index in [1.54, 1.807) is 14.2 Å². The van der Waals surface area contributed by atoms with Crippen LogP contribution >= 0.6 is 12.2 Å². The molecule has 0 amide bonds. The molecule has 1 saturated carbocycles. The Morgan fingerprint density at radius 1 is 0.941 bits per heavy atom. The van der Waals surface area contributed by atoms with Crippen molar-refractivity contribution in [1.29, 1.82) is 0 Å². The first-order valence-corrected chi connectivity index (χ1v) is 12.5. The lowest BCUT2D eigenvalue weighted by Crippen LogP contribution is -2.42. The number of benzene rings is 1. The smallest absolute Gasteiger partial charge is 0.225 e. The number of nitrogens with one attached hydrogen (secondary N) is 3. The minimum absolute atomic E-state index is 0.340. The van der Waals surface area contributed by atoms with Crippen LogP contribution in [0.1, 0.15) is 49.8 Å². The van der Waals surface area contributed by atoms with Gasteiger partial charge in [0, 0.05) is 55.6 Å². The van der Waals surface area contributed by atoms with E-state index in [2.05, 4.69) is 34.9 Å². The maximum Gasteiger partial charge on any atom is 0.225 e. The Bertz CT molecular complexity index is 985. The van der Waals surface area contributed by atoms with E-state index >= 15 is 0 Å². The molecule has 1 aromatic carbocycles. The number of aromatic nitrogens is 2. The van der Waals surface area contributed by atoms with E-state index in [-0.39, 0.29) is 0 Å². The van der Waals surface area contributed by atoms with Crippen LogP contribution in [0.3, 0.4) is 0 Å². The molecule has 0 radical (unpaired) electrons. The van der Waals surface area contributed by atoms with Crippen molar-refractivity contribution in [1.82, 2.24) is 15.3 Å². The molecule has 9 heteroatoms. The second-order valence-corrected chi connectivity index (χ2v) is 9.70. The number of hydrogen-bond donors (Lipinski definition) is 3. The number of nitrogens with zero attached hydrogens (tertiary/aromatic N) is 3. The highest BCUT2D eigenvalue weighted by molar-refractivity contribution is 7.80. The summed E-state index contributed by atoms with van der Waals surface area (Å²) in [5.41, 5.74) is 3.38. The standard InChI is InChI=1S/C25H36N6O2S/c1-31(2)23-21-7-5-6-8-22(21)29-24(30-23)26-16-9-11-17(12-10-16)27-25(34)28-18-13-19(32-3)15-20(14-18)33-4/h13-17H,5-12H2,1-4H3,(H,26,29,30)(H2,27,28,34). The summed E-state index contributed by atoms with van der Waals surface area (Å²) < 4.78 is 10.7. The number of anilines is 3. The van der Waals surface area contributed by atoms with Crippen LogP contribution in [0.5, 0.6) is 11.5 Å². The fourth-order valence-electron chi connectivity index (χ4n) is 4.81. The largest absolute Gasteiger partial charge is 0.497 e. The van der Waals surface area contributed by atoms with Gasteiger partial charge in [0.05, 0.1) is 19.9 Å². The second-order valence-electron chi connectivity index (χ2n) is 9.29. The van der Waals surface area contributed by atoms with Gasteiger partial charge in [-0.25, -0.2) is 4.98 Å². The van der Waals surface area contributed by atoms with Crippen LogP contribution in [0.2, 0.25) is 0 Å². The van der Waals surface area contributed by atoms with Gasteiger partial charge in [0.1, 0.15) is 17.3 Å². The second kappa shape index (κ2) is 11.1. The lowest BCUT2D eigenvalue weighted by Gasteiger charge is -2.31. The highest BCUT2D eigenvalue weighted by Crippen LogP contribution is 2.30. The summed E-state index contributed by atoms with van der Waals surface area (Å²) in [7, 11) is 7.41. The molecule has 2 aliphatic carbocycles. The minimum Gasteiger partial charge on any atom is -0.497 e. The Morgan fingerprint density at radius 2 is 1.59 bits per heavy atom. The Morgan fingerprint density at radius 3 is 2.24 bits per heavy atom. The number of ether oxygens (including phenoxy) is 2. The molecular weight excluding hydrogens is 448 g/mol. The fourth-order valence-corrected chi connectivity index (χ4v) is 5.09. The van der Waals surface area contributed by atoms with Crippen LogP contribution < -0.4 is 30.3 Å². The number of hydrogen-bond acceptors (Lipinski definition) is 7. The third-order valence-corrected chi connectivity index (χ3v) is 6.81. The number of methoxy groups -OCH3 is 2. The monoisotopic (exact) mass is 484 g/mol. The van der Waals surface area contributed by atoms with Gasteiger partial charge in [0.2, 0.25) is 5.95 Å². The molecule has 0 aliphatic heterocycles. The van der Waals surface area contributed by atoms with Crippen molar-refractivity contribution in [3.63, 3.8) is 0 Å². The highest BCUT2D eigenvalue weighted by atomic mass is 32.1. The van der Waals surface area contributed by atoms with Crippen molar-refractivity contribution >= 4 is 34.8 Å². The molecule has 0 spiro atoms. The first-order valence-electron chi connectivity index (χ1n) is 12.1. The van der Waals surface area contributed by atoms with Crippen LogP contribution in [0.15, 0.2) is 18.2 Å². The number of rotatable bonds is 7. The van der Waals surface area contributed by atoms with E-state index in [0.29, 0.717) is 17.2 Å². The summed E-state index contributed by atoms with van der Waals surface area (Å²) in [5, 5.41) is 10.9. The third-order valence-electron chi connectivity index (χ3n) is 6.59. The summed E-state index contributed by atoms with van der Waals surface area (Å²) >= 11 is 5.56. The van der Waals surface area contributed by atoms with Gasteiger partial charge < -0.3 is 30.3 Å². The van der Waals surface area contributed by atoms with Crippen molar-refractivity contribution in [3.05, 3.63) is 29.5 Å². The SMILES string of the molecule is COc1cc(NC(=S)NC2CCC(Nc3nc4c(c(N(C)C)n3)CCCC4)CC2)cc(OC)c1. The maximum atomic E-state index is 5.56. The van der Waals surface area contributed by atoms with E-state index in [1.165, 1.54) is 24.1 Å². The molecule has 2 aliphatic rings. The zero-order valence-corrected chi connectivity index (χ0v) is 21.4. The van der Waals surface area contributed by atoms with Gasteiger partial charge in [0.15, 0.2) is 5.11 Å². The van der Waals surface area contributed by atoms with Gasteiger partial charge in [0.25, 0.3) is 0 Å². The number of thiocarbonyl (C=S) groups is 1. The molecule has 3 N–H and O–H groups in total. The fraction of sp³-hybridized carbons (Fsp3) is 0.560. The first-order chi connectivity index (χ1) is 16.4. The molecule has 4 rings (SSSR count). The molecular formula is C25H36N6O2S. The van der Waals surface area contributed by atoms with E-state index in [1.807, 2.05) is 18.2 Å². The molecule has 2 aromatic rings. The van der Waals surface area contributed by atoms with Crippen molar-refractivity contribution in [2.45, 2.75) is 63.5 Å². The summed E-state index contributed by atoms with van der Waals surface area (Å²) in [6.07, 6.45) is 8.73. The first kappa shape index (κ1) is 24.3. The Balaban J connectivity index is 1.30. The molecule has 0 bridgehead atoms. The van der Waals surface area contributed by atoms with E-state index in [9.17, 15) is 0 Å². The van der Waals surface area contributed by atoms with Gasteiger partial charge in [-0.05, 0) is 63.6 Å². The van der Waals surface area contributed by atoms with Crippen molar-refractivity contribution in [2.75, 3.05) is 43.8 Å². The normalized spacial score (nSPS) is 19.5. The third kappa shape index (κ3) is 6.00. The molecule has 0 saturated heterocycles. The molecule has 1 fully saturated rings. The quantitative estimate of drug-likeness (QED) is 0.502. The molecule has 1 heterocycles. The van der Waals surface area contributed by atoms with Gasteiger partial charge in [-0.3, -0.25) is 0 Å². The van der Waals surface area contributed by atoms with Gasteiger partial charge >= 0.3 is 0 Å². The Labute approximate surface area is 207 Å². The predicted octanol–water partition coefficient (Wildman–Crippen LogP) is 4.15. The van der Waals surface area contributed by atoms with Crippen molar-refractivity contribution in [2.24, 2.45) is 0 Å². The lowest BCUT2D eigenvalue weighted by molar-refractivity contribution is 0.387. The Kier molecular flexibility index (Phi) is 7.92. The molecule has 0 atom stereocenters. The predicted molar refractivity (Wildman–Crippen MR) is 142 cm³/mol. The summed E-state index contributed by atoms with van der Waals surface area (Å²) in [4.78, 5) is 11.9. The van der Waals surface area contributed by atoms with E-state index < -0.39 is 0 Å². The van der Waals surface area contributed by atoms with Crippen LogP contribution in [0, 0.1) is 0 Å². The average molecular weight is 485 g/mol. The average Bonchev–Trinajstić information content (AvgIpc) is 2.84.